The van der Waals surface area contributed by atoms with E-state index >= 15 is 0 Å². The number of para-hydroxylation sites is 1. The molecule has 1 aliphatic heterocycles. The standard InChI is InChI=1S/C25H38N4O2/c1-20(2)17-29(25(30)11-15-28-16-12-26-21(28)3)18-22-9-13-27(14-10-22)19-23-7-5-6-8-24(23)31-4/h5-8,12,16,20,22H,9-11,13-15,17-19H2,1-4H3. The zero-order valence-electron chi connectivity index (χ0n) is 19.6. The molecule has 6 heteroatoms. The maximum absolute atomic E-state index is 13.0. The predicted octanol–water partition coefficient (Wildman–Crippen LogP) is 3.99. The van der Waals surface area contributed by atoms with Crippen molar-refractivity contribution in [2.24, 2.45) is 11.8 Å². The predicted molar refractivity (Wildman–Crippen MR) is 124 cm³/mol. The van der Waals surface area contributed by atoms with Crippen LogP contribution >= 0.6 is 0 Å². The van der Waals surface area contributed by atoms with Gasteiger partial charge in [0.15, 0.2) is 0 Å². The van der Waals surface area contributed by atoms with E-state index in [0.29, 0.717) is 24.8 Å². The summed E-state index contributed by atoms with van der Waals surface area (Å²) in [7, 11) is 1.74. The second-order valence-corrected chi connectivity index (χ2v) is 9.14. The summed E-state index contributed by atoms with van der Waals surface area (Å²) >= 11 is 0. The highest BCUT2D eigenvalue weighted by atomic mass is 16.5. The number of methoxy groups -OCH3 is 1. The van der Waals surface area contributed by atoms with Crippen molar-refractivity contribution in [2.45, 2.75) is 53.1 Å². The molecule has 1 aromatic carbocycles. The number of piperidine rings is 1. The molecule has 0 radical (unpaired) electrons. The van der Waals surface area contributed by atoms with Gasteiger partial charge in [0.25, 0.3) is 0 Å². The van der Waals surface area contributed by atoms with Crippen molar-refractivity contribution in [1.29, 1.82) is 0 Å². The number of likely N-dealkylation sites (tertiary alicyclic amines) is 1. The SMILES string of the molecule is COc1ccccc1CN1CCC(CN(CC(C)C)C(=O)CCn2ccnc2C)CC1. The third-order valence-electron chi connectivity index (χ3n) is 6.20. The number of benzene rings is 1. The fourth-order valence-electron chi connectivity index (χ4n) is 4.45. The van der Waals surface area contributed by atoms with Crippen molar-refractivity contribution in [3.63, 3.8) is 0 Å². The van der Waals surface area contributed by atoms with Crippen LogP contribution in [0.4, 0.5) is 0 Å². The summed E-state index contributed by atoms with van der Waals surface area (Å²) < 4.78 is 7.56. The molecule has 31 heavy (non-hydrogen) atoms. The van der Waals surface area contributed by atoms with Crippen LogP contribution in [0.5, 0.6) is 5.75 Å². The smallest absolute Gasteiger partial charge is 0.224 e. The number of hydrogen-bond donors (Lipinski definition) is 0. The Balaban J connectivity index is 1.50. The first kappa shape index (κ1) is 23.3. The molecule has 0 unspecified atom stereocenters. The molecule has 0 bridgehead atoms. The highest BCUT2D eigenvalue weighted by Gasteiger charge is 2.24. The van der Waals surface area contributed by atoms with Crippen molar-refractivity contribution in [1.82, 2.24) is 19.4 Å². The number of carbonyl (C=O) groups is 1. The molecule has 1 aliphatic rings. The van der Waals surface area contributed by atoms with Crippen molar-refractivity contribution in [3.8, 4) is 5.75 Å². The summed E-state index contributed by atoms with van der Waals surface area (Å²) in [5, 5.41) is 0. The fraction of sp³-hybridized carbons (Fsp3) is 0.600. The molecule has 0 N–H and O–H groups in total. The number of ether oxygens (including phenoxy) is 1. The third-order valence-corrected chi connectivity index (χ3v) is 6.20. The van der Waals surface area contributed by atoms with Crippen LogP contribution in [-0.2, 0) is 17.9 Å². The Labute approximate surface area is 187 Å². The molecule has 0 spiro atoms. The lowest BCUT2D eigenvalue weighted by atomic mass is 9.95. The summed E-state index contributed by atoms with van der Waals surface area (Å²) in [4.78, 5) is 21.9. The summed E-state index contributed by atoms with van der Waals surface area (Å²) in [6.07, 6.45) is 6.56. The molecule has 3 rings (SSSR count). The molecule has 1 fully saturated rings. The highest BCUT2D eigenvalue weighted by Crippen LogP contribution is 2.24. The minimum atomic E-state index is 0.262. The molecule has 2 heterocycles. The maximum atomic E-state index is 13.0. The fourth-order valence-corrected chi connectivity index (χ4v) is 4.45. The third kappa shape index (κ3) is 6.82. The molecule has 0 atom stereocenters. The van der Waals surface area contributed by atoms with Crippen molar-refractivity contribution < 1.29 is 9.53 Å². The number of rotatable bonds is 10. The van der Waals surface area contributed by atoms with E-state index in [9.17, 15) is 4.79 Å². The van der Waals surface area contributed by atoms with Gasteiger partial charge in [-0.3, -0.25) is 9.69 Å². The monoisotopic (exact) mass is 426 g/mol. The van der Waals surface area contributed by atoms with Crippen LogP contribution in [-0.4, -0.2) is 58.5 Å². The molecule has 6 nitrogen and oxygen atoms in total. The number of carbonyl (C=O) groups excluding carboxylic acids is 1. The van der Waals surface area contributed by atoms with Gasteiger partial charge >= 0.3 is 0 Å². The summed E-state index contributed by atoms with van der Waals surface area (Å²) in [6, 6.07) is 8.27. The lowest BCUT2D eigenvalue weighted by Gasteiger charge is -2.35. The van der Waals surface area contributed by atoms with Gasteiger partial charge in [-0.2, -0.15) is 0 Å². The van der Waals surface area contributed by atoms with Gasteiger partial charge in [0.05, 0.1) is 7.11 Å². The van der Waals surface area contributed by atoms with E-state index in [1.54, 1.807) is 13.3 Å². The van der Waals surface area contributed by atoms with Crippen LogP contribution in [0.3, 0.4) is 0 Å². The Kier molecular flexibility index (Phi) is 8.52. The van der Waals surface area contributed by atoms with E-state index in [1.807, 2.05) is 25.3 Å². The minimum Gasteiger partial charge on any atom is -0.496 e. The van der Waals surface area contributed by atoms with E-state index in [2.05, 4.69) is 45.3 Å². The average Bonchev–Trinajstić information content (AvgIpc) is 3.17. The van der Waals surface area contributed by atoms with Gasteiger partial charge in [0.1, 0.15) is 11.6 Å². The first-order valence-corrected chi connectivity index (χ1v) is 11.6. The zero-order chi connectivity index (χ0) is 22.2. The van der Waals surface area contributed by atoms with Gasteiger partial charge in [-0.1, -0.05) is 32.0 Å². The van der Waals surface area contributed by atoms with Crippen LogP contribution in [0.2, 0.25) is 0 Å². The Morgan fingerprint density at radius 1 is 1.26 bits per heavy atom. The highest BCUT2D eigenvalue weighted by molar-refractivity contribution is 5.76. The van der Waals surface area contributed by atoms with Crippen LogP contribution in [0.15, 0.2) is 36.7 Å². The lowest BCUT2D eigenvalue weighted by molar-refractivity contribution is -0.132. The van der Waals surface area contributed by atoms with Gasteiger partial charge < -0.3 is 14.2 Å². The largest absolute Gasteiger partial charge is 0.496 e. The molecule has 0 aliphatic carbocycles. The number of aryl methyl sites for hydroxylation is 2. The van der Waals surface area contributed by atoms with Crippen molar-refractivity contribution in [2.75, 3.05) is 33.3 Å². The lowest BCUT2D eigenvalue weighted by Crippen LogP contribution is -2.42. The van der Waals surface area contributed by atoms with E-state index in [0.717, 1.165) is 57.1 Å². The van der Waals surface area contributed by atoms with Gasteiger partial charge in [-0.05, 0) is 50.8 Å². The maximum Gasteiger partial charge on any atom is 0.224 e. The summed E-state index contributed by atoms with van der Waals surface area (Å²) in [6.45, 7) is 11.8. The molecule has 0 saturated carbocycles. The Bertz CT molecular complexity index is 824. The molecule has 2 aromatic rings. The summed E-state index contributed by atoms with van der Waals surface area (Å²) in [5.41, 5.74) is 1.25. The molecular formula is C25H38N4O2. The molecule has 170 valence electrons. The van der Waals surface area contributed by atoms with Gasteiger partial charge in [0, 0.05) is 50.6 Å². The van der Waals surface area contributed by atoms with Crippen molar-refractivity contribution in [3.05, 3.63) is 48.0 Å². The van der Waals surface area contributed by atoms with Crippen LogP contribution in [0.1, 0.15) is 44.5 Å². The quantitative estimate of drug-likeness (QED) is 0.576. The van der Waals surface area contributed by atoms with Gasteiger partial charge in [0.2, 0.25) is 5.91 Å². The first-order chi connectivity index (χ1) is 15.0. The number of hydrogen-bond acceptors (Lipinski definition) is 4. The number of aromatic nitrogens is 2. The Morgan fingerprint density at radius 2 is 2.00 bits per heavy atom. The number of nitrogens with zero attached hydrogens (tertiary/aromatic N) is 4. The number of amides is 1. The van der Waals surface area contributed by atoms with Gasteiger partial charge in [-0.25, -0.2) is 4.98 Å². The zero-order valence-corrected chi connectivity index (χ0v) is 19.6. The minimum absolute atomic E-state index is 0.262. The van der Waals surface area contributed by atoms with Gasteiger partial charge in [-0.15, -0.1) is 0 Å². The second-order valence-electron chi connectivity index (χ2n) is 9.14. The Hall–Kier alpha value is -2.34. The van der Waals surface area contributed by atoms with E-state index in [-0.39, 0.29) is 5.91 Å². The molecule has 1 aromatic heterocycles. The normalized spacial score (nSPS) is 15.4. The molecule has 1 amide bonds. The van der Waals surface area contributed by atoms with E-state index in [1.165, 1.54) is 5.56 Å². The second kappa shape index (κ2) is 11.3. The van der Waals surface area contributed by atoms with Crippen molar-refractivity contribution >= 4 is 5.91 Å². The van der Waals surface area contributed by atoms with Crippen LogP contribution in [0, 0.1) is 18.8 Å². The number of imidazole rings is 1. The average molecular weight is 427 g/mol. The topological polar surface area (TPSA) is 50.6 Å². The molecule has 1 saturated heterocycles. The summed E-state index contributed by atoms with van der Waals surface area (Å²) in [5.74, 6) is 3.24. The first-order valence-electron chi connectivity index (χ1n) is 11.6. The van der Waals surface area contributed by atoms with E-state index < -0.39 is 0 Å². The van der Waals surface area contributed by atoms with Crippen LogP contribution in [0.25, 0.3) is 0 Å². The van der Waals surface area contributed by atoms with Crippen LogP contribution < -0.4 is 4.74 Å². The Morgan fingerprint density at radius 3 is 2.65 bits per heavy atom. The van der Waals surface area contributed by atoms with E-state index in [4.69, 9.17) is 4.74 Å². The molecular weight excluding hydrogens is 388 g/mol.